The average Bonchev–Trinajstić information content (AvgIpc) is 3.02. The summed E-state index contributed by atoms with van der Waals surface area (Å²) in [7, 11) is -0.613. The molecule has 1 heterocycles. The van der Waals surface area contributed by atoms with Gasteiger partial charge in [-0.15, -0.1) is 0 Å². The summed E-state index contributed by atoms with van der Waals surface area (Å²) in [5.41, 5.74) is 1.37. The van der Waals surface area contributed by atoms with Crippen molar-refractivity contribution in [1.82, 2.24) is 15.5 Å². The summed E-state index contributed by atoms with van der Waals surface area (Å²) in [6, 6.07) is 14.2. The molecule has 2 atom stereocenters. The first-order valence-corrected chi connectivity index (χ1v) is 15.0. The summed E-state index contributed by atoms with van der Waals surface area (Å²) in [5.74, 6) is -0.757. The lowest BCUT2D eigenvalue weighted by atomic mass is 9.73. The summed E-state index contributed by atoms with van der Waals surface area (Å²) in [4.78, 5) is 29.2. The van der Waals surface area contributed by atoms with Crippen LogP contribution in [0.2, 0.25) is 0 Å². The van der Waals surface area contributed by atoms with Crippen molar-refractivity contribution >= 4 is 50.8 Å². The van der Waals surface area contributed by atoms with Crippen LogP contribution in [0, 0.1) is 5.92 Å². The molecule has 0 bridgehead atoms. The average molecular weight is 667 g/mol. The first-order chi connectivity index (χ1) is 18.8. The van der Waals surface area contributed by atoms with Gasteiger partial charge in [0.1, 0.15) is 6.04 Å². The fraction of sp³-hybridized carbons (Fsp3) is 0.500. The van der Waals surface area contributed by atoms with E-state index in [2.05, 4.69) is 61.2 Å². The van der Waals surface area contributed by atoms with Gasteiger partial charge in [-0.25, -0.2) is 0 Å². The normalized spacial score (nSPS) is 16.6. The summed E-state index contributed by atoms with van der Waals surface area (Å²) >= 11 is 6.87. The number of amides is 2. The number of hydrogen-bond donors (Lipinski definition) is 3. The topological polar surface area (TPSA) is 100 Å². The molecule has 2 aromatic rings. The van der Waals surface area contributed by atoms with E-state index in [4.69, 9.17) is 9.31 Å². The number of halogens is 2. The van der Waals surface area contributed by atoms with Gasteiger partial charge in [-0.05, 0) is 58.5 Å². The van der Waals surface area contributed by atoms with E-state index in [1.54, 1.807) is 12.1 Å². The van der Waals surface area contributed by atoms with Gasteiger partial charge >= 0.3 is 7.12 Å². The Morgan fingerprint density at radius 3 is 2.51 bits per heavy atom. The Morgan fingerprint density at radius 2 is 1.79 bits per heavy atom. The second kappa shape index (κ2) is 16.5. The van der Waals surface area contributed by atoms with Crippen molar-refractivity contribution in [2.24, 2.45) is 5.92 Å². The molecule has 0 saturated carbocycles. The van der Waals surface area contributed by atoms with Gasteiger partial charge in [-0.1, -0.05) is 60.1 Å². The van der Waals surface area contributed by atoms with Gasteiger partial charge in [-0.3, -0.25) is 14.5 Å². The fourth-order valence-corrected chi connectivity index (χ4v) is 5.33. The Balaban J connectivity index is 1.78. The molecule has 8 nitrogen and oxygen atoms in total. The van der Waals surface area contributed by atoms with E-state index in [1.165, 1.54) is 0 Å². The molecule has 39 heavy (non-hydrogen) atoms. The zero-order valence-electron chi connectivity index (χ0n) is 22.6. The highest BCUT2D eigenvalue weighted by molar-refractivity contribution is 9.11. The van der Waals surface area contributed by atoms with Crippen LogP contribution in [-0.4, -0.2) is 80.4 Å². The monoisotopic (exact) mass is 665 g/mol. The Hall–Kier alpha value is -1.76. The predicted octanol–water partition coefficient (Wildman–Crippen LogP) is 3.84. The van der Waals surface area contributed by atoms with E-state index in [0.717, 1.165) is 23.0 Å². The SMILES string of the molecule is CC(C)C[C@H](NC(=O)[C@H](Cc1ccccc1)NC(=O)c1cc(Br)ccc1Br)B1OCCCN(CCO)CCO1. The van der Waals surface area contributed by atoms with Crippen LogP contribution in [0.5, 0.6) is 0 Å². The molecule has 0 radical (unpaired) electrons. The van der Waals surface area contributed by atoms with Gasteiger partial charge in [0.05, 0.1) is 18.1 Å². The number of carbonyl (C=O) groups is 2. The van der Waals surface area contributed by atoms with Crippen molar-refractivity contribution < 1.29 is 24.0 Å². The van der Waals surface area contributed by atoms with Crippen LogP contribution in [-0.2, 0) is 20.5 Å². The molecule has 2 aromatic carbocycles. The molecule has 1 aliphatic heterocycles. The predicted molar refractivity (Wildman–Crippen MR) is 160 cm³/mol. The van der Waals surface area contributed by atoms with E-state index < -0.39 is 19.1 Å². The number of nitrogens with one attached hydrogen (secondary N) is 2. The van der Waals surface area contributed by atoms with Crippen molar-refractivity contribution in [3.8, 4) is 0 Å². The molecule has 1 saturated heterocycles. The van der Waals surface area contributed by atoms with Gasteiger partial charge < -0.3 is 25.0 Å². The maximum Gasteiger partial charge on any atom is 0.480 e. The van der Waals surface area contributed by atoms with Crippen molar-refractivity contribution in [2.45, 2.75) is 45.1 Å². The molecular weight excluding hydrogens is 629 g/mol. The van der Waals surface area contributed by atoms with E-state index in [1.807, 2.05) is 36.4 Å². The highest BCUT2D eigenvalue weighted by Crippen LogP contribution is 2.22. The number of hydrogen-bond acceptors (Lipinski definition) is 6. The quantitative estimate of drug-likeness (QED) is 0.316. The summed E-state index contributed by atoms with van der Waals surface area (Å²) in [6.45, 7) is 7.27. The number of rotatable bonds is 11. The third-order valence-corrected chi connectivity index (χ3v) is 7.65. The smallest absolute Gasteiger partial charge is 0.410 e. The van der Waals surface area contributed by atoms with Gasteiger partial charge in [0.2, 0.25) is 5.91 Å². The van der Waals surface area contributed by atoms with Crippen LogP contribution < -0.4 is 10.6 Å². The first kappa shape index (κ1) is 31.8. The van der Waals surface area contributed by atoms with Crippen LogP contribution in [0.25, 0.3) is 0 Å². The van der Waals surface area contributed by atoms with Crippen molar-refractivity contribution in [2.75, 3.05) is 39.5 Å². The molecule has 1 aliphatic rings. The molecular formula is C28H38BBr2N3O5. The molecule has 0 aromatic heterocycles. The van der Waals surface area contributed by atoms with E-state index in [-0.39, 0.29) is 24.3 Å². The second-order valence-electron chi connectivity index (χ2n) is 10.1. The van der Waals surface area contributed by atoms with Crippen molar-refractivity contribution in [3.05, 3.63) is 68.6 Å². The Bertz CT molecular complexity index is 1060. The van der Waals surface area contributed by atoms with Crippen LogP contribution in [0.15, 0.2) is 57.5 Å². The Labute approximate surface area is 248 Å². The molecule has 3 rings (SSSR count). The Morgan fingerprint density at radius 1 is 1.05 bits per heavy atom. The zero-order valence-corrected chi connectivity index (χ0v) is 25.7. The lowest BCUT2D eigenvalue weighted by molar-refractivity contribution is -0.123. The molecule has 3 N–H and O–H groups in total. The largest absolute Gasteiger partial charge is 0.480 e. The minimum atomic E-state index is -0.808. The van der Waals surface area contributed by atoms with Crippen LogP contribution >= 0.6 is 31.9 Å². The number of aliphatic hydroxyl groups excluding tert-OH is 1. The standard InChI is InChI=1S/C28H38BBr2N3O5/c1-20(2)17-26(29-38-15-6-11-34(12-14-35)13-16-39-29)33-28(37)25(18-21-7-4-3-5-8-21)32-27(36)23-19-22(30)9-10-24(23)31/h3-5,7-10,19-20,25-26,35H,6,11-18H2,1-2H3,(H,32,36)(H,33,37)/t25-,26-/m0/s1. The third-order valence-electron chi connectivity index (χ3n) is 6.47. The first-order valence-electron chi connectivity index (χ1n) is 13.4. The molecule has 0 unspecified atom stereocenters. The lowest BCUT2D eigenvalue weighted by Gasteiger charge is -2.28. The van der Waals surface area contributed by atoms with Crippen LogP contribution in [0.4, 0.5) is 0 Å². The summed E-state index contributed by atoms with van der Waals surface area (Å²) in [5, 5.41) is 15.4. The fourth-order valence-electron chi connectivity index (χ4n) is 4.54. The summed E-state index contributed by atoms with van der Waals surface area (Å²) < 4.78 is 13.6. The summed E-state index contributed by atoms with van der Waals surface area (Å²) in [6.07, 6.45) is 1.79. The van der Waals surface area contributed by atoms with E-state index >= 15 is 0 Å². The molecule has 1 fully saturated rings. The van der Waals surface area contributed by atoms with Crippen molar-refractivity contribution in [1.29, 1.82) is 0 Å². The lowest BCUT2D eigenvalue weighted by Crippen LogP contribution is -2.56. The van der Waals surface area contributed by atoms with Gasteiger partial charge in [0.15, 0.2) is 0 Å². The second-order valence-corrected chi connectivity index (χ2v) is 11.9. The molecule has 0 spiro atoms. The molecule has 0 aliphatic carbocycles. The van der Waals surface area contributed by atoms with E-state index in [9.17, 15) is 14.7 Å². The minimum Gasteiger partial charge on any atom is -0.410 e. The van der Waals surface area contributed by atoms with Gasteiger partial charge in [0.25, 0.3) is 5.91 Å². The van der Waals surface area contributed by atoms with Gasteiger partial charge in [-0.2, -0.15) is 0 Å². The third kappa shape index (κ3) is 10.6. The number of aliphatic hydroxyl groups is 1. The molecule has 11 heteroatoms. The number of benzene rings is 2. The maximum absolute atomic E-state index is 13.8. The molecule has 2 amide bonds. The van der Waals surface area contributed by atoms with E-state index in [0.29, 0.717) is 49.2 Å². The highest BCUT2D eigenvalue weighted by Gasteiger charge is 2.35. The molecule has 212 valence electrons. The van der Waals surface area contributed by atoms with Crippen LogP contribution in [0.1, 0.15) is 42.6 Å². The maximum atomic E-state index is 13.8. The van der Waals surface area contributed by atoms with Gasteiger partial charge in [0, 0.05) is 48.2 Å². The van der Waals surface area contributed by atoms with Crippen LogP contribution in [0.3, 0.4) is 0 Å². The van der Waals surface area contributed by atoms with Crippen molar-refractivity contribution in [3.63, 3.8) is 0 Å². The number of β-amino-alcohol motifs (C(OH)–C–C–N with tert-alkyl or cyclic N) is 1. The number of nitrogens with zero attached hydrogens (tertiary/aromatic N) is 1. The minimum absolute atomic E-state index is 0.0986. The Kier molecular flexibility index (Phi) is 13.4. The highest BCUT2D eigenvalue weighted by atomic mass is 79.9. The number of carbonyl (C=O) groups excluding carboxylic acids is 2. The zero-order chi connectivity index (χ0) is 28.2.